The van der Waals surface area contributed by atoms with E-state index in [4.69, 9.17) is 9.15 Å². The van der Waals surface area contributed by atoms with Crippen LogP contribution in [-0.4, -0.2) is 12.4 Å². The van der Waals surface area contributed by atoms with E-state index in [1.165, 1.54) is 6.07 Å². The van der Waals surface area contributed by atoms with Crippen molar-refractivity contribution in [1.82, 2.24) is 0 Å². The highest BCUT2D eigenvalue weighted by Crippen LogP contribution is 2.59. The minimum Gasteiger partial charge on any atom is -0.493 e. The Hall–Kier alpha value is -2.10. The molecule has 2 saturated carbocycles. The molecule has 2 fully saturated rings. The summed E-state index contributed by atoms with van der Waals surface area (Å²) in [7, 11) is 0. The first kappa shape index (κ1) is 18.3. The summed E-state index contributed by atoms with van der Waals surface area (Å²) in [5.74, 6) is 1.77. The van der Waals surface area contributed by atoms with Gasteiger partial charge < -0.3 is 9.15 Å². The largest absolute Gasteiger partial charge is 0.493 e. The van der Waals surface area contributed by atoms with Crippen molar-refractivity contribution in [3.8, 4) is 5.75 Å². The van der Waals surface area contributed by atoms with Gasteiger partial charge in [-0.1, -0.05) is 27.2 Å². The SMILES string of the molecule is C[C@H]1C(=O)CC[C@H]2[C@](C)(COc3ccc4ccc(=O)oc4c3)CCC[C@]12C. The number of Topliss-reactive ketones (excluding diaryl/α,β-unsaturated/α-hetero) is 1. The molecule has 2 aliphatic carbocycles. The Balaban J connectivity index is 1.56. The standard InChI is InChI=1S/C23H28O4/c1-15-18(24)8-9-20-22(2,11-4-12-23(15,20)3)14-26-17-7-5-16-6-10-21(25)27-19(16)13-17/h5-7,10,13,15,20H,4,8-9,11-12,14H2,1-3H3/t15-,20-,22-,23+/m0/s1. The molecule has 4 nitrogen and oxygen atoms in total. The average molecular weight is 368 g/mol. The molecule has 4 rings (SSSR count). The number of hydrogen-bond donors (Lipinski definition) is 0. The maximum Gasteiger partial charge on any atom is 0.336 e. The van der Waals surface area contributed by atoms with Crippen molar-refractivity contribution in [3.05, 3.63) is 40.8 Å². The smallest absolute Gasteiger partial charge is 0.336 e. The van der Waals surface area contributed by atoms with Crippen LogP contribution >= 0.6 is 0 Å². The Morgan fingerprint density at radius 2 is 1.93 bits per heavy atom. The van der Waals surface area contributed by atoms with Gasteiger partial charge in [-0.15, -0.1) is 0 Å². The van der Waals surface area contributed by atoms with Crippen LogP contribution in [0.15, 0.2) is 39.5 Å². The number of rotatable bonds is 3. The van der Waals surface area contributed by atoms with Crippen LogP contribution in [0.4, 0.5) is 0 Å². The Labute approximate surface area is 159 Å². The fourth-order valence-electron chi connectivity index (χ4n) is 5.64. The normalized spacial score (nSPS) is 33.7. The van der Waals surface area contributed by atoms with E-state index in [2.05, 4.69) is 20.8 Å². The lowest BCUT2D eigenvalue weighted by Crippen LogP contribution is -2.53. The first-order valence-electron chi connectivity index (χ1n) is 10.0. The van der Waals surface area contributed by atoms with E-state index in [1.807, 2.05) is 12.1 Å². The summed E-state index contributed by atoms with van der Waals surface area (Å²) in [5.41, 5.74) is 0.321. The third-order valence-corrected chi connectivity index (χ3v) is 7.42. The molecule has 4 atom stereocenters. The molecule has 0 bridgehead atoms. The molecule has 0 N–H and O–H groups in total. The fourth-order valence-corrected chi connectivity index (χ4v) is 5.64. The quantitative estimate of drug-likeness (QED) is 0.717. The highest BCUT2D eigenvalue weighted by molar-refractivity contribution is 5.82. The van der Waals surface area contributed by atoms with Crippen LogP contribution in [0.3, 0.4) is 0 Å². The summed E-state index contributed by atoms with van der Waals surface area (Å²) in [6.07, 6.45) is 5.04. The van der Waals surface area contributed by atoms with E-state index < -0.39 is 0 Å². The van der Waals surface area contributed by atoms with E-state index in [0.717, 1.165) is 36.8 Å². The van der Waals surface area contributed by atoms with Crippen molar-refractivity contribution in [1.29, 1.82) is 0 Å². The van der Waals surface area contributed by atoms with Gasteiger partial charge in [-0.3, -0.25) is 4.79 Å². The summed E-state index contributed by atoms with van der Waals surface area (Å²) in [6.45, 7) is 7.36. The van der Waals surface area contributed by atoms with Crippen LogP contribution in [0.2, 0.25) is 0 Å². The lowest BCUT2D eigenvalue weighted by Gasteiger charge is -2.56. The van der Waals surface area contributed by atoms with E-state index in [1.54, 1.807) is 12.1 Å². The number of carbonyl (C=O) groups excluding carboxylic acids is 1. The number of ether oxygens (including phenoxy) is 1. The van der Waals surface area contributed by atoms with Gasteiger partial charge in [-0.05, 0) is 48.8 Å². The predicted octanol–water partition coefficient (Wildman–Crippen LogP) is 4.98. The Morgan fingerprint density at radius 1 is 1.15 bits per heavy atom. The molecule has 0 unspecified atom stereocenters. The van der Waals surface area contributed by atoms with Crippen molar-refractivity contribution in [2.75, 3.05) is 6.61 Å². The molecule has 1 aromatic carbocycles. The topological polar surface area (TPSA) is 56.5 Å². The fraction of sp³-hybridized carbons (Fsp3) is 0.565. The maximum absolute atomic E-state index is 12.3. The van der Waals surface area contributed by atoms with Gasteiger partial charge >= 0.3 is 5.63 Å². The average Bonchev–Trinajstić information content (AvgIpc) is 2.64. The van der Waals surface area contributed by atoms with Gasteiger partial charge in [0.2, 0.25) is 0 Å². The first-order valence-corrected chi connectivity index (χ1v) is 10.0. The van der Waals surface area contributed by atoms with Gasteiger partial charge in [0.1, 0.15) is 17.1 Å². The van der Waals surface area contributed by atoms with Crippen LogP contribution in [0.5, 0.6) is 5.75 Å². The molecule has 0 aliphatic heterocycles. The molecule has 1 heterocycles. The molecule has 0 amide bonds. The molecular formula is C23H28O4. The lowest BCUT2D eigenvalue weighted by molar-refractivity contribution is -0.144. The highest BCUT2D eigenvalue weighted by atomic mass is 16.5. The van der Waals surface area contributed by atoms with E-state index in [0.29, 0.717) is 30.3 Å². The van der Waals surface area contributed by atoms with Gasteiger partial charge in [0, 0.05) is 35.3 Å². The Morgan fingerprint density at radius 3 is 2.74 bits per heavy atom. The second-order valence-electron chi connectivity index (χ2n) is 9.04. The van der Waals surface area contributed by atoms with Crippen molar-refractivity contribution < 1.29 is 13.9 Å². The summed E-state index contributed by atoms with van der Waals surface area (Å²) >= 11 is 0. The molecular weight excluding hydrogens is 340 g/mol. The van der Waals surface area contributed by atoms with Crippen LogP contribution < -0.4 is 10.4 Å². The molecule has 0 spiro atoms. The summed E-state index contributed by atoms with van der Waals surface area (Å²) in [5, 5.41) is 0.887. The molecule has 144 valence electrons. The first-order chi connectivity index (χ1) is 12.8. The molecule has 2 aromatic rings. The maximum atomic E-state index is 12.3. The number of fused-ring (bicyclic) bond motifs is 2. The van der Waals surface area contributed by atoms with Gasteiger partial charge in [0.25, 0.3) is 0 Å². The van der Waals surface area contributed by atoms with Crippen LogP contribution in [0.25, 0.3) is 11.0 Å². The molecule has 4 heteroatoms. The zero-order valence-corrected chi connectivity index (χ0v) is 16.4. The minimum absolute atomic E-state index is 0.0500. The van der Waals surface area contributed by atoms with Crippen LogP contribution in [0, 0.1) is 22.7 Å². The second-order valence-corrected chi connectivity index (χ2v) is 9.04. The Kier molecular flexibility index (Phi) is 4.40. The number of carbonyl (C=O) groups is 1. The lowest BCUT2D eigenvalue weighted by atomic mass is 9.48. The van der Waals surface area contributed by atoms with Crippen molar-refractivity contribution >= 4 is 16.8 Å². The number of hydrogen-bond acceptors (Lipinski definition) is 4. The van der Waals surface area contributed by atoms with E-state index >= 15 is 0 Å². The summed E-state index contributed by atoms with van der Waals surface area (Å²) in [4.78, 5) is 23.8. The molecule has 0 radical (unpaired) electrons. The van der Waals surface area contributed by atoms with Gasteiger partial charge in [-0.2, -0.15) is 0 Å². The van der Waals surface area contributed by atoms with E-state index in [-0.39, 0.29) is 22.4 Å². The molecule has 27 heavy (non-hydrogen) atoms. The van der Waals surface area contributed by atoms with Crippen molar-refractivity contribution in [2.45, 2.75) is 52.9 Å². The molecule has 0 saturated heterocycles. The predicted molar refractivity (Wildman–Crippen MR) is 105 cm³/mol. The monoisotopic (exact) mass is 368 g/mol. The minimum atomic E-state index is -0.351. The zero-order valence-electron chi connectivity index (χ0n) is 16.4. The molecule has 2 aliphatic rings. The van der Waals surface area contributed by atoms with Gasteiger partial charge in [0.15, 0.2) is 0 Å². The van der Waals surface area contributed by atoms with Crippen LogP contribution in [-0.2, 0) is 4.79 Å². The third-order valence-electron chi connectivity index (χ3n) is 7.42. The van der Waals surface area contributed by atoms with Crippen molar-refractivity contribution in [3.63, 3.8) is 0 Å². The van der Waals surface area contributed by atoms with Gasteiger partial charge in [0.05, 0.1) is 6.61 Å². The summed E-state index contributed by atoms with van der Waals surface area (Å²) in [6, 6.07) is 8.84. The third kappa shape index (κ3) is 3.09. The van der Waals surface area contributed by atoms with E-state index in [9.17, 15) is 9.59 Å². The van der Waals surface area contributed by atoms with Gasteiger partial charge in [-0.25, -0.2) is 4.79 Å². The van der Waals surface area contributed by atoms with Crippen LogP contribution in [0.1, 0.15) is 52.9 Å². The Bertz CT molecular complexity index is 929. The summed E-state index contributed by atoms with van der Waals surface area (Å²) < 4.78 is 11.5. The zero-order chi connectivity index (χ0) is 19.2. The highest BCUT2D eigenvalue weighted by Gasteiger charge is 2.54. The molecule has 1 aromatic heterocycles. The number of ketones is 1. The van der Waals surface area contributed by atoms with Crippen molar-refractivity contribution in [2.24, 2.45) is 22.7 Å². The number of benzene rings is 1. The second kappa shape index (κ2) is 6.50.